The first kappa shape index (κ1) is 19.1. The van der Waals surface area contributed by atoms with Crippen LogP contribution in [0.4, 0.5) is 0 Å². The second kappa shape index (κ2) is 8.01. The zero-order valence-corrected chi connectivity index (χ0v) is 16.8. The molecule has 1 fully saturated rings. The Kier molecular flexibility index (Phi) is 5.46. The highest BCUT2D eigenvalue weighted by molar-refractivity contribution is 7.89. The van der Waals surface area contributed by atoms with Gasteiger partial charge in [0, 0.05) is 13.1 Å². The van der Waals surface area contributed by atoms with Gasteiger partial charge in [-0.15, -0.1) is 0 Å². The molecule has 1 saturated heterocycles. The van der Waals surface area contributed by atoms with Crippen molar-refractivity contribution in [3.63, 3.8) is 0 Å². The number of piperidine rings is 1. The van der Waals surface area contributed by atoms with Crippen molar-refractivity contribution in [3.05, 3.63) is 48.0 Å². The number of methoxy groups -OCH3 is 1. The number of aryl methyl sites for hydroxylation is 1. The van der Waals surface area contributed by atoms with Gasteiger partial charge in [0.1, 0.15) is 5.75 Å². The first-order chi connectivity index (χ1) is 13.6. The van der Waals surface area contributed by atoms with Gasteiger partial charge in [-0.25, -0.2) is 8.42 Å². The molecule has 2 aromatic carbocycles. The fourth-order valence-corrected chi connectivity index (χ4v) is 5.27. The first-order valence-electron chi connectivity index (χ1n) is 9.59. The van der Waals surface area contributed by atoms with Gasteiger partial charge < -0.3 is 14.2 Å². The molecule has 0 N–H and O–H groups in total. The van der Waals surface area contributed by atoms with E-state index in [1.807, 2.05) is 12.1 Å². The molecule has 0 bridgehead atoms. The Bertz CT molecular complexity index is 918. The summed E-state index contributed by atoms with van der Waals surface area (Å²) in [6.07, 6.45) is 3.79. The van der Waals surface area contributed by atoms with Crippen molar-refractivity contribution < 1.29 is 22.6 Å². The molecule has 28 heavy (non-hydrogen) atoms. The zero-order chi connectivity index (χ0) is 19.6. The maximum atomic E-state index is 12.8. The van der Waals surface area contributed by atoms with E-state index in [1.54, 1.807) is 35.7 Å². The van der Waals surface area contributed by atoms with Crippen molar-refractivity contribution in [1.29, 1.82) is 0 Å². The molecule has 2 heterocycles. The highest BCUT2D eigenvalue weighted by Crippen LogP contribution is 2.34. The Hall–Kier alpha value is -2.25. The molecular weight excluding hydrogens is 378 g/mol. The second-order valence-electron chi connectivity index (χ2n) is 7.25. The molecule has 0 aromatic heterocycles. The number of benzene rings is 2. The van der Waals surface area contributed by atoms with E-state index in [4.69, 9.17) is 14.2 Å². The molecule has 0 atom stereocenters. The summed E-state index contributed by atoms with van der Waals surface area (Å²) in [5.41, 5.74) is 1.23. The predicted octanol–water partition coefficient (Wildman–Crippen LogP) is 3.46. The Morgan fingerprint density at radius 1 is 1.04 bits per heavy atom. The first-order valence-corrected chi connectivity index (χ1v) is 11.0. The molecule has 0 aliphatic carbocycles. The third-order valence-corrected chi connectivity index (χ3v) is 7.46. The largest absolute Gasteiger partial charge is 0.497 e. The Morgan fingerprint density at radius 2 is 1.75 bits per heavy atom. The molecule has 0 unspecified atom stereocenters. The summed E-state index contributed by atoms with van der Waals surface area (Å²) in [4.78, 5) is 0.326. The van der Waals surface area contributed by atoms with E-state index in [2.05, 4.69) is 6.07 Å². The van der Waals surface area contributed by atoms with Crippen LogP contribution in [-0.2, 0) is 16.4 Å². The Labute approximate surface area is 166 Å². The third-order valence-electron chi connectivity index (χ3n) is 5.55. The van der Waals surface area contributed by atoms with E-state index in [0.717, 1.165) is 37.2 Å². The molecule has 4 rings (SSSR count). The SMILES string of the molecule is COc1ccc(S(=O)(=O)N2CCC(CCc3ccc4c(c3)OCO4)CC2)cc1. The van der Waals surface area contributed by atoms with Gasteiger partial charge in [-0.05, 0) is 73.6 Å². The fraction of sp³-hybridized carbons (Fsp3) is 0.429. The summed E-state index contributed by atoms with van der Waals surface area (Å²) in [6.45, 7) is 1.43. The number of fused-ring (bicyclic) bond motifs is 1. The lowest BCUT2D eigenvalue weighted by atomic mass is 9.91. The Balaban J connectivity index is 1.31. The van der Waals surface area contributed by atoms with Crippen molar-refractivity contribution in [2.45, 2.75) is 30.6 Å². The van der Waals surface area contributed by atoms with E-state index in [9.17, 15) is 8.42 Å². The molecule has 2 aliphatic heterocycles. The summed E-state index contributed by atoms with van der Waals surface area (Å²) >= 11 is 0. The van der Waals surface area contributed by atoms with Crippen molar-refractivity contribution in [3.8, 4) is 17.2 Å². The smallest absolute Gasteiger partial charge is 0.243 e. The van der Waals surface area contributed by atoms with Crippen LogP contribution in [0.3, 0.4) is 0 Å². The summed E-state index contributed by atoms with van der Waals surface area (Å²) in [7, 11) is -1.87. The van der Waals surface area contributed by atoms with Crippen LogP contribution in [0.15, 0.2) is 47.4 Å². The Morgan fingerprint density at radius 3 is 2.46 bits per heavy atom. The molecule has 0 saturated carbocycles. The van der Waals surface area contributed by atoms with Gasteiger partial charge in [0.25, 0.3) is 0 Å². The molecule has 2 aliphatic rings. The summed E-state index contributed by atoms with van der Waals surface area (Å²) < 4.78 is 43.2. The monoisotopic (exact) mass is 403 g/mol. The number of hydrogen-bond donors (Lipinski definition) is 0. The lowest BCUT2D eigenvalue weighted by Crippen LogP contribution is -2.38. The summed E-state index contributed by atoms with van der Waals surface area (Å²) in [5.74, 6) is 2.81. The van der Waals surface area contributed by atoms with Crippen LogP contribution in [0.1, 0.15) is 24.8 Å². The van der Waals surface area contributed by atoms with Crippen molar-refractivity contribution in [2.24, 2.45) is 5.92 Å². The number of sulfonamides is 1. The fourth-order valence-electron chi connectivity index (χ4n) is 3.80. The summed E-state index contributed by atoms with van der Waals surface area (Å²) in [6, 6.07) is 12.7. The lowest BCUT2D eigenvalue weighted by molar-refractivity contribution is 0.174. The van der Waals surface area contributed by atoms with Crippen LogP contribution < -0.4 is 14.2 Å². The maximum Gasteiger partial charge on any atom is 0.243 e. The molecule has 2 aromatic rings. The van der Waals surface area contributed by atoms with E-state index >= 15 is 0 Å². The van der Waals surface area contributed by atoms with Crippen molar-refractivity contribution in [1.82, 2.24) is 4.31 Å². The minimum absolute atomic E-state index is 0.292. The molecule has 0 radical (unpaired) electrons. The number of nitrogens with zero attached hydrogens (tertiary/aromatic N) is 1. The molecule has 0 amide bonds. The van der Waals surface area contributed by atoms with Gasteiger partial charge in [0.05, 0.1) is 12.0 Å². The quantitative estimate of drug-likeness (QED) is 0.739. The van der Waals surface area contributed by atoms with Crippen LogP contribution in [-0.4, -0.2) is 39.7 Å². The van der Waals surface area contributed by atoms with Crippen LogP contribution in [0.25, 0.3) is 0 Å². The third kappa shape index (κ3) is 3.95. The lowest BCUT2D eigenvalue weighted by Gasteiger charge is -2.31. The molecule has 0 spiro atoms. The zero-order valence-electron chi connectivity index (χ0n) is 16.0. The van der Waals surface area contributed by atoms with Gasteiger partial charge in [-0.3, -0.25) is 0 Å². The van der Waals surface area contributed by atoms with Gasteiger partial charge in [0.2, 0.25) is 16.8 Å². The minimum atomic E-state index is -3.44. The number of hydrogen-bond acceptors (Lipinski definition) is 5. The van der Waals surface area contributed by atoms with Gasteiger partial charge in [0.15, 0.2) is 11.5 Å². The highest BCUT2D eigenvalue weighted by atomic mass is 32.2. The molecule has 150 valence electrons. The van der Waals surface area contributed by atoms with E-state index in [0.29, 0.717) is 36.4 Å². The average molecular weight is 404 g/mol. The number of rotatable bonds is 6. The van der Waals surface area contributed by atoms with Crippen molar-refractivity contribution in [2.75, 3.05) is 27.0 Å². The topological polar surface area (TPSA) is 65.1 Å². The van der Waals surface area contributed by atoms with Crippen LogP contribution >= 0.6 is 0 Å². The molecule has 6 nitrogen and oxygen atoms in total. The highest BCUT2D eigenvalue weighted by Gasteiger charge is 2.29. The summed E-state index contributed by atoms with van der Waals surface area (Å²) in [5, 5.41) is 0. The molecule has 7 heteroatoms. The standard InChI is InChI=1S/C21H25NO5S/c1-25-18-5-7-19(8-6-18)28(23,24)22-12-10-16(11-13-22)2-3-17-4-9-20-21(14-17)27-15-26-20/h4-9,14,16H,2-3,10-13,15H2,1H3. The number of ether oxygens (including phenoxy) is 3. The van der Waals surface area contributed by atoms with Gasteiger partial charge in [-0.2, -0.15) is 4.31 Å². The average Bonchev–Trinajstić information content (AvgIpc) is 3.20. The van der Waals surface area contributed by atoms with Gasteiger partial charge in [-0.1, -0.05) is 6.07 Å². The van der Waals surface area contributed by atoms with E-state index in [1.165, 1.54) is 5.56 Å². The molecular formula is C21H25NO5S. The predicted molar refractivity (Wildman–Crippen MR) is 105 cm³/mol. The van der Waals surface area contributed by atoms with Crippen molar-refractivity contribution >= 4 is 10.0 Å². The van der Waals surface area contributed by atoms with Crippen LogP contribution in [0.2, 0.25) is 0 Å². The van der Waals surface area contributed by atoms with Gasteiger partial charge >= 0.3 is 0 Å². The van der Waals surface area contributed by atoms with E-state index in [-0.39, 0.29) is 0 Å². The minimum Gasteiger partial charge on any atom is -0.497 e. The maximum absolute atomic E-state index is 12.8. The van der Waals surface area contributed by atoms with Crippen LogP contribution in [0.5, 0.6) is 17.2 Å². The second-order valence-corrected chi connectivity index (χ2v) is 9.19. The van der Waals surface area contributed by atoms with E-state index < -0.39 is 10.0 Å². The van der Waals surface area contributed by atoms with Crippen LogP contribution in [0, 0.1) is 5.92 Å². The normalized spacial score (nSPS) is 17.6.